The lowest BCUT2D eigenvalue weighted by atomic mass is 9.97. The van der Waals surface area contributed by atoms with Crippen LogP contribution in [-0.4, -0.2) is 29.8 Å². The third-order valence-corrected chi connectivity index (χ3v) is 4.01. The Morgan fingerprint density at radius 2 is 1.90 bits per heavy atom. The molecule has 4 heteroatoms. The second-order valence-electron chi connectivity index (χ2n) is 5.55. The monoisotopic (exact) mass is 293 g/mol. The number of ether oxygens (including phenoxy) is 1. The van der Waals surface area contributed by atoms with Crippen molar-refractivity contribution in [3.63, 3.8) is 0 Å². The Kier molecular flexibility index (Phi) is 6.69. The molecule has 0 heterocycles. The van der Waals surface area contributed by atoms with Gasteiger partial charge >= 0.3 is 0 Å². The lowest BCUT2D eigenvalue weighted by Crippen LogP contribution is -2.42. The van der Waals surface area contributed by atoms with Gasteiger partial charge in [0.1, 0.15) is 5.75 Å². The largest absolute Gasteiger partial charge is 0.493 e. The smallest absolute Gasteiger partial charge is 0.223 e. The lowest BCUT2D eigenvalue weighted by Gasteiger charge is -2.25. The molecule has 1 aromatic rings. The van der Waals surface area contributed by atoms with Crippen molar-refractivity contribution in [1.82, 2.24) is 5.32 Å². The molecule has 0 aliphatic heterocycles. The Hall–Kier alpha value is -1.55. The molecule has 1 rings (SSSR count). The fraction of sp³-hybridized carbons (Fsp3) is 0.588. The van der Waals surface area contributed by atoms with Crippen molar-refractivity contribution in [3.8, 4) is 5.75 Å². The van der Waals surface area contributed by atoms with Gasteiger partial charge in [-0.05, 0) is 49.9 Å². The fourth-order valence-electron chi connectivity index (χ4n) is 1.92. The molecule has 118 valence electrons. The second-order valence-corrected chi connectivity index (χ2v) is 5.55. The second kappa shape index (κ2) is 8.03. The van der Waals surface area contributed by atoms with Gasteiger partial charge in [-0.3, -0.25) is 4.79 Å². The first-order chi connectivity index (χ1) is 9.90. The molecule has 0 aliphatic rings. The van der Waals surface area contributed by atoms with Crippen molar-refractivity contribution in [2.24, 2.45) is 0 Å². The molecule has 21 heavy (non-hydrogen) atoms. The summed E-state index contributed by atoms with van der Waals surface area (Å²) < 4.78 is 5.57. The van der Waals surface area contributed by atoms with Crippen LogP contribution in [0.4, 0.5) is 0 Å². The number of rotatable bonds is 8. The van der Waals surface area contributed by atoms with E-state index < -0.39 is 5.60 Å². The van der Waals surface area contributed by atoms with Crippen LogP contribution in [0.3, 0.4) is 0 Å². The summed E-state index contributed by atoms with van der Waals surface area (Å²) in [5.41, 5.74) is 1.59. The van der Waals surface area contributed by atoms with Crippen LogP contribution in [0, 0.1) is 13.8 Å². The van der Waals surface area contributed by atoms with Gasteiger partial charge in [0.25, 0.3) is 0 Å². The minimum Gasteiger partial charge on any atom is -0.493 e. The van der Waals surface area contributed by atoms with E-state index >= 15 is 0 Å². The summed E-state index contributed by atoms with van der Waals surface area (Å²) in [5.74, 6) is 0.684. The summed E-state index contributed by atoms with van der Waals surface area (Å²) in [6, 6.07) is 5.89. The van der Waals surface area contributed by atoms with Gasteiger partial charge in [0.05, 0.1) is 18.6 Å². The molecule has 0 saturated carbocycles. The minimum atomic E-state index is -0.801. The van der Waals surface area contributed by atoms with Crippen LogP contribution < -0.4 is 10.1 Å². The van der Waals surface area contributed by atoms with E-state index in [-0.39, 0.29) is 12.3 Å². The predicted molar refractivity (Wildman–Crippen MR) is 84.6 cm³/mol. The zero-order chi connectivity index (χ0) is 15.9. The summed E-state index contributed by atoms with van der Waals surface area (Å²) in [6.07, 6.45) is 1.54. The van der Waals surface area contributed by atoms with Gasteiger partial charge in [-0.2, -0.15) is 0 Å². The SMILES string of the molecule is CCC(O)(CC)CNC(=O)CCOc1ccc(C)c(C)c1. The Bertz CT molecular complexity index is 467. The molecule has 0 spiro atoms. The molecule has 0 radical (unpaired) electrons. The Labute approximate surface area is 127 Å². The van der Waals surface area contributed by atoms with Crippen LogP contribution >= 0.6 is 0 Å². The number of nitrogens with one attached hydrogen (secondary N) is 1. The van der Waals surface area contributed by atoms with Crippen molar-refractivity contribution in [1.29, 1.82) is 0 Å². The van der Waals surface area contributed by atoms with Crippen molar-refractivity contribution in [3.05, 3.63) is 29.3 Å². The normalized spacial score (nSPS) is 11.3. The number of aliphatic hydroxyl groups is 1. The number of aryl methyl sites for hydroxylation is 2. The number of carbonyl (C=O) groups excluding carboxylic acids is 1. The van der Waals surface area contributed by atoms with Crippen molar-refractivity contribution < 1.29 is 14.6 Å². The Morgan fingerprint density at radius 1 is 1.24 bits per heavy atom. The van der Waals surface area contributed by atoms with Crippen LogP contribution in [0.2, 0.25) is 0 Å². The summed E-state index contributed by atoms with van der Waals surface area (Å²) in [5, 5.41) is 12.9. The number of hydrogen-bond donors (Lipinski definition) is 2. The molecular formula is C17H27NO3. The van der Waals surface area contributed by atoms with Gasteiger partial charge in [-0.25, -0.2) is 0 Å². The molecule has 0 unspecified atom stereocenters. The highest BCUT2D eigenvalue weighted by Crippen LogP contribution is 2.16. The quantitative estimate of drug-likeness (QED) is 0.775. The molecule has 0 atom stereocenters. The summed E-state index contributed by atoms with van der Waals surface area (Å²) in [6.45, 7) is 8.55. The molecule has 4 nitrogen and oxygen atoms in total. The predicted octanol–water partition coefficient (Wildman–Crippen LogP) is 2.74. The average Bonchev–Trinajstić information content (AvgIpc) is 2.48. The van der Waals surface area contributed by atoms with E-state index in [1.165, 1.54) is 11.1 Å². The first-order valence-electron chi connectivity index (χ1n) is 7.59. The molecule has 1 aromatic carbocycles. The maximum atomic E-state index is 11.7. The molecule has 2 N–H and O–H groups in total. The van der Waals surface area contributed by atoms with Gasteiger partial charge in [0, 0.05) is 6.54 Å². The van der Waals surface area contributed by atoms with E-state index in [0.717, 1.165) is 5.75 Å². The minimum absolute atomic E-state index is 0.0980. The molecule has 0 aromatic heterocycles. The summed E-state index contributed by atoms with van der Waals surface area (Å²) in [4.78, 5) is 11.7. The number of benzene rings is 1. The molecule has 0 aliphatic carbocycles. The van der Waals surface area contributed by atoms with Crippen LogP contribution in [-0.2, 0) is 4.79 Å². The van der Waals surface area contributed by atoms with Crippen molar-refractivity contribution >= 4 is 5.91 Å². The van der Waals surface area contributed by atoms with Crippen LogP contribution in [0.1, 0.15) is 44.2 Å². The Balaban J connectivity index is 2.32. The van der Waals surface area contributed by atoms with Crippen LogP contribution in [0.25, 0.3) is 0 Å². The van der Waals surface area contributed by atoms with Gasteiger partial charge in [0.15, 0.2) is 0 Å². The van der Waals surface area contributed by atoms with Crippen molar-refractivity contribution in [2.75, 3.05) is 13.2 Å². The van der Waals surface area contributed by atoms with E-state index in [0.29, 0.717) is 26.0 Å². The van der Waals surface area contributed by atoms with Crippen LogP contribution in [0.5, 0.6) is 5.75 Å². The lowest BCUT2D eigenvalue weighted by molar-refractivity contribution is -0.122. The summed E-state index contributed by atoms with van der Waals surface area (Å²) >= 11 is 0. The van der Waals surface area contributed by atoms with E-state index in [2.05, 4.69) is 12.2 Å². The van der Waals surface area contributed by atoms with Gasteiger partial charge < -0.3 is 15.2 Å². The van der Waals surface area contributed by atoms with Crippen LogP contribution in [0.15, 0.2) is 18.2 Å². The van der Waals surface area contributed by atoms with Gasteiger partial charge in [0.2, 0.25) is 5.91 Å². The molecule has 0 fully saturated rings. The fourth-order valence-corrected chi connectivity index (χ4v) is 1.92. The van der Waals surface area contributed by atoms with Gasteiger partial charge in [-0.15, -0.1) is 0 Å². The molecule has 1 amide bonds. The van der Waals surface area contributed by atoms with Gasteiger partial charge in [-0.1, -0.05) is 19.9 Å². The van der Waals surface area contributed by atoms with E-state index in [4.69, 9.17) is 4.74 Å². The maximum absolute atomic E-state index is 11.7. The zero-order valence-electron chi connectivity index (χ0n) is 13.5. The highest BCUT2D eigenvalue weighted by atomic mass is 16.5. The Morgan fingerprint density at radius 3 is 2.48 bits per heavy atom. The van der Waals surface area contributed by atoms with E-state index in [1.807, 2.05) is 39.0 Å². The average molecular weight is 293 g/mol. The zero-order valence-corrected chi connectivity index (χ0v) is 13.5. The third-order valence-electron chi connectivity index (χ3n) is 4.01. The third kappa shape index (κ3) is 5.76. The van der Waals surface area contributed by atoms with E-state index in [9.17, 15) is 9.90 Å². The number of amides is 1. The topological polar surface area (TPSA) is 58.6 Å². The van der Waals surface area contributed by atoms with Crippen molar-refractivity contribution in [2.45, 2.75) is 52.6 Å². The highest BCUT2D eigenvalue weighted by molar-refractivity contribution is 5.76. The number of carbonyl (C=O) groups is 1. The first kappa shape index (κ1) is 17.5. The molecule has 0 bridgehead atoms. The summed E-state index contributed by atoms with van der Waals surface area (Å²) in [7, 11) is 0. The molecular weight excluding hydrogens is 266 g/mol. The highest BCUT2D eigenvalue weighted by Gasteiger charge is 2.22. The molecule has 0 saturated heterocycles. The maximum Gasteiger partial charge on any atom is 0.223 e. The number of hydrogen-bond acceptors (Lipinski definition) is 3. The standard InChI is InChI=1S/C17H27NO3/c1-5-17(20,6-2)12-18-16(19)9-10-21-15-8-7-13(3)14(4)11-15/h7-8,11,20H,5-6,9-10,12H2,1-4H3,(H,18,19). The van der Waals surface area contributed by atoms with E-state index in [1.54, 1.807) is 0 Å². The first-order valence-corrected chi connectivity index (χ1v) is 7.59.